The van der Waals surface area contributed by atoms with Gasteiger partial charge >= 0.3 is 0 Å². The highest BCUT2D eigenvalue weighted by Crippen LogP contribution is 2.65. The fourth-order valence-corrected chi connectivity index (χ4v) is 4.46. The highest BCUT2D eigenvalue weighted by Gasteiger charge is 2.23. The number of hydrogen-bond acceptors (Lipinski definition) is 2. The fourth-order valence-electron chi connectivity index (χ4n) is 0.677. The molecule has 5 heteroatoms. The number of rotatable bonds is 6. The summed E-state index contributed by atoms with van der Waals surface area (Å²) in [7, 11) is -5.81. The van der Waals surface area contributed by atoms with Crippen molar-refractivity contribution in [3.63, 3.8) is 0 Å². The normalized spacial score (nSPS) is 17.8. The van der Waals surface area contributed by atoms with Crippen LogP contribution in [0.15, 0.2) is 25.3 Å². The standard InChI is InChI=1S/C7H14O3P2/c1-3-5-6-11(8)12(9,10)7-4-2/h3-4,11H,1-2,5-7H2,(H,9,10). The predicted octanol–water partition coefficient (Wildman–Crippen LogP) is 2.49. The first kappa shape index (κ1) is 11.9. The molecular formula is C7H14O3P2. The van der Waals surface area contributed by atoms with E-state index >= 15 is 0 Å². The average Bonchev–Trinajstić information content (AvgIpc) is 2.00. The maximum atomic E-state index is 11.2. The van der Waals surface area contributed by atoms with E-state index in [9.17, 15) is 14.0 Å². The predicted molar refractivity (Wildman–Crippen MR) is 53.6 cm³/mol. The zero-order valence-electron chi connectivity index (χ0n) is 6.90. The molecular weight excluding hydrogens is 194 g/mol. The summed E-state index contributed by atoms with van der Waals surface area (Å²) < 4.78 is 22.4. The lowest BCUT2D eigenvalue weighted by Crippen LogP contribution is -1.82. The Balaban J connectivity index is 4.15. The number of hydrogen-bond donors (Lipinski definition) is 1. The second-order valence-electron chi connectivity index (χ2n) is 2.39. The first-order valence-electron chi connectivity index (χ1n) is 3.61. The van der Waals surface area contributed by atoms with E-state index in [1.165, 1.54) is 6.08 Å². The van der Waals surface area contributed by atoms with Crippen molar-refractivity contribution in [3.8, 4) is 0 Å². The van der Waals surface area contributed by atoms with E-state index in [1.54, 1.807) is 6.08 Å². The van der Waals surface area contributed by atoms with Gasteiger partial charge in [0.2, 0.25) is 0 Å². The second-order valence-corrected chi connectivity index (χ2v) is 9.04. The van der Waals surface area contributed by atoms with E-state index in [0.717, 1.165) is 0 Å². The van der Waals surface area contributed by atoms with Crippen LogP contribution in [-0.4, -0.2) is 17.2 Å². The molecule has 3 nitrogen and oxygen atoms in total. The lowest BCUT2D eigenvalue weighted by Gasteiger charge is -2.07. The van der Waals surface area contributed by atoms with Gasteiger partial charge in [-0.2, -0.15) is 0 Å². The zero-order chi connectivity index (χ0) is 9.61. The van der Waals surface area contributed by atoms with Crippen molar-refractivity contribution < 1.29 is 14.0 Å². The van der Waals surface area contributed by atoms with Crippen LogP contribution >= 0.6 is 14.5 Å². The fraction of sp³-hybridized carbons (Fsp3) is 0.429. The molecule has 0 aromatic rings. The van der Waals surface area contributed by atoms with Crippen molar-refractivity contribution in [3.05, 3.63) is 25.3 Å². The molecule has 2 unspecified atom stereocenters. The maximum Gasteiger partial charge on any atom is 0.256 e. The Hall–Kier alpha value is -0.100. The Bertz CT molecular complexity index is 235. The van der Waals surface area contributed by atoms with E-state index in [2.05, 4.69) is 13.2 Å². The van der Waals surface area contributed by atoms with Crippen LogP contribution in [-0.2, 0) is 9.13 Å². The third kappa shape index (κ3) is 4.06. The smallest absolute Gasteiger partial charge is 0.256 e. The first-order valence-corrected chi connectivity index (χ1v) is 7.91. The molecule has 0 saturated carbocycles. The molecule has 0 heterocycles. The summed E-state index contributed by atoms with van der Waals surface area (Å²) >= 11 is 0. The van der Waals surface area contributed by atoms with Crippen molar-refractivity contribution in [1.29, 1.82) is 0 Å². The lowest BCUT2D eigenvalue weighted by atomic mass is 10.5. The monoisotopic (exact) mass is 208 g/mol. The molecule has 0 aromatic heterocycles. The molecule has 2 atom stereocenters. The molecule has 12 heavy (non-hydrogen) atoms. The van der Waals surface area contributed by atoms with Gasteiger partial charge in [0.05, 0.1) is 0 Å². The van der Waals surface area contributed by atoms with Gasteiger partial charge in [-0.15, -0.1) is 13.2 Å². The number of allylic oxidation sites excluding steroid dienone is 2. The largest absolute Gasteiger partial charge is 0.339 e. The molecule has 0 aliphatic heterocycles. The SMILES string of the molecule is C=CCC[PH](=O)P(=O)(O)CC=C. The topological polar surface area (TPSA) is 54.4 Å². The van der Waals surface area contributed by atoms with Crippen LogP contribution in [0.5, 0.6) is 0 Å². The molecule has 0 aliphatic rings. The third-order valence-electron chi connectivity index (χ3n) is 1.33. The van der Waals surface area contributed by atoms with E-state index in [1.807, 2.05) is 0 Å². The Kier molecular flexibility index (Phi) is 5.48. The zero-order valence-corrected chi connectivity index (χ0v) is 8.80. The molecule has 0 aromatic carbocycles. The van der Waals surface area contributed by atoms with Crippen molar-refractivity contribution >= 4 is 14.5 Å². The summed E-state index contributed by atoms with van der Waals surface area (Å²) in [6.07, 6.45) is 3.67. The molecule has 0 aliphatic carbocycles. The van der Waals surface area contributed by atoms with Crippen LogP contribution in [0, 0.1) is 0 Å². The molecule has 0 rings (SSSR count). The molecule has 0 spiro atoms. The maximum absolute atomic E-state index is 11.2. The molecule has 1 N–H and O–H groups in total. The van der Waals surface area contributed by atoms with Gasteiger partial charge in [0.1, 0.15) is 0 Å². The highest BCUT2D eigenvalue weighted by atomic mass is 32.1. The minimum Gasteiger partial charge on any atom is -0.339 e. The Morgan fingerprint density at radius 3 is 2.42 bits per heavy atom. The van der Waals surface area contributed by atoms with Crippen LogP contribution in [0.3, 0.4) is 0 Å². The van der Waals surface area contributed by atoms with E-state index in [-0.39, 0.29) is 12.3 Å². The molecule has 0 bridgehead atoms. The molecule has 0 saturated heterocycles. The van der Waals surface area contributed by atoms with E-state index in [0.29, 0.717) is 6.42 Å². The summed E-state index contributed by atoms with van der Waals surface area (Å²) in [5.74, 6) is 0. The van der Waals surface area contributed by atoms with Crippen molar-refractivity contribution in [2.24, 2.45) is 0 Å². The van der Waals surface area contributed by atoms with Crippen molar-refractivity contribution in [1.82, 2.24) is 0 Å². The van der Waals surface area contributed by atoms with E-state index < -0.39 is 14.5 Å². The minimum atomic E-state index is -3.43. The molecule has 0 amide bonds. The van der Waals surface area contributed by atoms with Gasteiger partial charge in [0.15, 0.2) is 7.49 Å². The highest BCUT2D eigenvalue weighted by molar-refractivity contribution is 8.25. The summed E-state index contributed by atoms with van der Waals surface area (Å²) in [6.45, 7) is 6.78. The molecule has 0 radical (unpaired) electrons. The van der Waals surface area contributed by atoms with Gasteiger partial charge in [0, 0.05) is 12.3 Å². The summed E-state index contributed by atoms with van der Waals surface area (Å²) in [5.41, 5.74) is 0. The van der Waals surface area contributed by atoms with Crippen LogP contribution in [0.25, 0.3) is 0 Å². The van der Waals surface area contributed by atoms with Gasteiger partial charge in [-0.05, 0) is 6.42 Å². The van der Waals surface area contributed by atoms with Gasteiger partial charge in [-0.25, -0.2) is 0 Å². The summed E-state index contributed by atoms with van der Waals surface area (Å²) in [6, 6.07) is 0. The summed E-state index contributed by atoms with van der Waals surface area (Å²) in [4.78, 5) is 9.19. The molecule has 70 valence electrons. The van der Waals surface area contributed by atoms with E-state index in [4.69, 9.17) is 0 Å². The lowest BCUT2D eigenvalue weighted by molar-refractivity contribution is 0.493. The van der Waals surface area contributed by atoms with Crippen LogP contribution < -0.4 is 0 Å². The van der Waals surface area contributed by atoms with Gasteiger partial charge < -0.3 is 9.46 Å². The van der Waals surface area contributed by atoms with Gasteiger partial charge in [-0.3, -0.25) is 4.57 Å². The second kappa shape index (κ2) is 5.53. The van der Waals surface area contributed by atoms with Crippen molar-refractivity contribution in [2.45, 2.75) is 6.42 Å². The Morgan fingerprint density at radius 1 is 1.42 bits per heavy atom. The van der Waals surface area contributed by atoms with Crippen LogP contribution in [0.2, 0.25) is 0 Å². The van der Waals surface area contributed by atoms with Gasteiger partial charge in [0.25, 0.3) is 7.06 Å². The first-order chi connectivity index (χ1) is 5.54. The average molecular weight is 208 g/mol. The Labute approximate surface area is 73.3 Å². The van der Waals surface area contributed by atoms with Crippen molar-refractivity contribution in [2.75, 3.05) is 12.3 Å². The van der Waals surface area contributed by atoms with Crippen LogP contribution in [0.4, 0.5) is 0 Å². The quantitative estimate of drug-likeness (QED) is 0.538. The Morgan fingerprint density at radius 2 is 2.00 bits per heavy atom. The summed E-state index contributed by atoms with van der Waals surface area (Å²) in [5, 5.41) is 0. The van der Waals surface area contributed by atoms with Crippen LogP contribution in [0.1, 0.15) is 6.42 Å². The van der Waals surface area contributed by atoms with Gasteiger partial charge in [-0.1, -0.05) is 12.2 Å². The minimum absolute atomic E-state index is 0.0536. The molecule has 0 fully saturated rings. The third-order valence-corrected chi connectivity index (χ3v) is 7.13.